The normalized spacial score (nSPS) is 30.8. The van der Waals surface area contributed by atoms with E-state index in [2.05, 4.69) is 174 Å². The fourth-order valence-corrected chi connectivity index (χ4v) is 18.1. The smallest absolute Gasteiger partial charge is 0.254 e. The molecule has 5 aliphatic carbocycles. The second-order valence-electron chi connectivity index (χ2n) is 23.8. The third-order valence-electron chi connectivity index (χ3n) is 18.6. The molecule has 0 N–H and O–H groups in total. The summed E-state index contributed by atoms with van der Waals surface area (Å²) in [5.41, 5.74) is 19.4. The van der Waals surface area contributed by atoms with Crippen molar-refractivity contribution in [3.8, 4) is 0 Å². The van der Waals surface area contributed by atoms with E-state index >= 15 is 0 Å². The first kappa shape index (κ1) is 37.5. The molecule has 4 atom stereocenters. The summed E-state index contributed by atoms with van der Waals surface area (Å²) >= 11 is 0. The summed E-state index contributed by atoms with van der Waals surface area (Å²) in [4.78, 5) is 11.8. The van der Waals surface area contributed by atoms with Crippen LogP contribution < -0.4 is 31.1 Å². The Kier molecular flexibility index (Phi) is 7.08. The van der Waals surface area contributed by atoms with Crippen LogP contribution >= 0.6 is 10.0 Å². The molecule has 5 fully saturated rings. The van der Waals surface area contributed by atoms with Gasteiger partial charge >= 0.3 is 0 Å². The Bertz CT molecular complexity index is 2740. The minimum absolute atomic E-state index is 0.0432. The fourth-order valence-electron chi connectivity index (χ4n) is 15.5. The highest BCUT2D eigenvalue weighted by atomic mass is 32.3. The second kappa shape index (κ2) is 11.5. The third-order valence-corrected chi connectivity index (χ3v) is 21.5. The molecule has 4 bridgehead atoms. The van der Waals surface area contributed by atoms with E-state index in [9.17, 15) is 0 Å². The Morgan fingerprint density at radius 1 is 0.590 bits per heavy atom. The van der Waals surface area contributed by atoms with Gasteiger partial charge in [-0.15, -0.1) is 0 Å². The zero-order chi connectivity index (χ0) is 42.0. The standard InChI is InChI=1S/C56H64BN3S/c1-52(2,3)36-19-22-39(23-20-36)58-43-15-13-17-47-50(43)57-49-45(58)30-40(59-42-24-21-37(53(4,5)6)29-41(42)54(7)25-11-12-26-55(54,59)8)31-46(49)60(56-32-34-27-38(56)28-35(34)33-56)44-16-14-18-48(51(44)57)61(47,9)10/h13-24,29-31,34-35,38H,11-12,25-28,32-33H2,1-10H3. The van der Waals surface area contributed by atoms with Crippen LogP contribution in [0.2, 0.25) is 0 Å². The van der Waals surface area contributed by atoms with E-state index in [0.717, 1.165) is 17.8 Å². The van der Waals surface area contributed by atoms with Crippen molar-refractivity contribution in [2.75, 3.05) is 27.2 Å². The van der Waals surface area contributed by atoms with Crippen molar-refractivity contribution in [3.05, 3.63) is 108 Å². The summed E-state index contributed by atoms with van der Waals surface area (Å²) in [6, 6.07) is 37.6. The van der Waals surface area contributed by atoms with Crippen molar-refractivity contribution in [2.24, 2.45) is 17.8 Å². The van der Waals surface area contributed by atoms with E-state index in [1.807, 2.05) is 0 Å². The van der Waals surface area contributed by atoms with E-state index in [4.69, 9.17) is 0 Å². The molecule has 5 heteroatoms. The Morgan fingerprint density at radius 3 is 1.84 bits per heavy atom. The molecule has 3 nitrogen and oxygen atoms in total. The number of hydrogen-bond acceptors (Lipinski definition) is 3. The van der Waals surface area contributed by atoms with Gasteiger partial charge in [-0.2, -0.15) is 10.0 Å². The van der Waals surface area contributed by atoms with Crippen LogP contribution in [0.4, 0.5) is 39.8 Å². The van der Waals surface area contributed by atoms with Crippen LogP contribution in [0.3, 0.4) is 0 Å². The van der Waals surface area contributed by atoms with Crippen LogP contribution in [0.5, 0.6) is 0 Å². The molecule has 5 aromatic carbocycles. The maximum absolute atomic E-state index is 3.06. The Morgan fingerprint density at radius 2 is 1.20 bits per heavy atom. The summed E-state index contributed by atoms with van der Waals surface area (Å²) in [6.45, 7) is 19.7. The molecule has 5 saturated carbocycles. The number of anilines is 7. The predicted molar refractivity (Wildman–Crippen MR) is 262 cm³/mol. The van der Waals surface area contributed by atoms with Crippen LogP contribution in [0.1, 0.15) is 123 Å². The zero-order valence-corrected chi connectivity index (χ0v) is 39.2. The highest BCUT2D eigenvalue weighted by Gasteiger charge is 2.67. The Balaban J connectivity index is 1.14. The van der Waals surface area contributed by atoms with Gasteiger partial charge < -0.3 is 14.7 Å². The van der Waals surface area contributed by atoms with Crippen molar-refractivity contribution < 1.29 is 0 Å². The Hall–Kier alpha value is -4.09. The average Bonchev–Trinajstić information content (AvgIpc) is 4.00. The lowest BCUT2D eigenvalue weighted by Gasteiger charge is -2.55. The average molecular weight is 822 g/mol. The van der Waals surface area contributed by atoms with Gasteiger partial charge in [0, 0.05) is 50.8 Å². The largest absolute Gasteiger partial charge is 0.336 e. The summed E-state index contributed by atoms with van der Waals surface area (Å²) in [5, 5.41) is 0. The summed E-state index contributed by atoms with van der Waals surface area (Å²) in [7, 11) is -1.29. The maximum Gasteiger partial charge on any atom is 0.254 e. The van der Waals surface area contributed by atoms with E-state index in [-0.39, 0.29) is 34.0 Å². The molecule has 4 aliphatic heterocycles. The van der Waals surface area contributed by atoms with E-state index in [0.29, 0.717) is 0 Å². The van der Waals surface area contributed by atoms with Gasteiger partial charge in [0.15, 0.2) is 0 Å². The van der Waals surface area contributed by atoms with E-state index < -0.39 is 10.0 Å². The highest BCUT2D eigenvalue weighted by Crippen LogP contribution is 2.71. The van der Waals surface area contributed by atoms with Crippen molar-refractivity contribution in [3.63, 3.8) is 0 Å². The lowest BCUT2D eigenvalue weighted by molar-refractivity contribution is 0.195. The molecule has 0 spiro atoms. The first-order valence-electron chi connectivity index (χ1n) is 23.8. The molecule has 0 radical (unpaired) electrons. The molecule has 14 rings (SSSR count). The summed E-state index contributed by atoms with van der Waals surface area (Å²) in [6.07, 6.45) is 15.7. The van der Waals surface area contributed by atoms with Gasteiger partial charge in [-0.1, -0.05) is 110 Å². The molecule has 0 saturated heterocycles. The molecule has 312 valence electrons. The minimum Gasteiger partial charge on any atom is -0.336 e. The van der Waals surface area contributed by atoms with Gasteiger partial charge in [-0.05, 0) is 172 Å². The molecule has 5 aromatic rings. The van der Waals surface area contributed by atoms with Gasteiger partial charge in [-0.3, -0.25) is 0 Å². The SMILES string of the molecule is CC(C)(C)c1ccc(N2c3cc(N4c5ccc(C(C)(C)C)cc5C5(C)CCCCC45C)cc4c3B3c5c2cccc5S(C)(C)c2cccc(c23)N4C23CC4CC2CC4C3)cc1. The molecule has 4 unspecified atom stereocenters. The van der Waals surface area contributed by atoms with Crippen molar-refractivity contribution in [1.29, 1.82) is 0 Å². The molecule has 0 amide bonds. The van der Waals surface area contributed by atoms with Gasteiger partial charge in [0.1, 0.15) is 0 Å². The van der Waals surface area contributed by atoms with Gasteiger partial charge in [0.25, 0.3) is 6.71 Å². The monoisotopic (exact) mass is 821 g/mol. The molecule has 4 heterocycles. The number of fused-ring (bicyclic) bond motifs is 3. The topological polar surface area (TPSA) is 9.72 Å². The van der Waals surface area contributed by atoms with Gasteiger partial charge in [-0.25, -0.2) is 0 Å². The van der Waals surface area contributed by atoms with Crippen molar-refractivity contribution in [1.82, 2.24) is 0 Å². The number of hydrogen-bond donors (Lipinski definition) is 0. The van der Waals surface area contributed by atoms with Gasteiger partial charge in [0.2, 0.25) is 0 Å². The number of nitrogens with zero attached hydrogens (tertiary/aromatic N) is 3. The van der Waals surface area contributed by atoms with E-state index in [1.165, 1.54) is 102 Å². The lowest BCUT2D eigenvalue weighted by atomic mass is 9.33. The molecule has 9 aliphatic rings. The lowest BCUT2D eigenvalue weighted by Crippen LogP contribution is -2.67. The summed E-state index contributed by atoms with van der Waals surface area (Å²) < 4.78 is 0. The van der Waals surface area contributed by atoms with Crippen LogP contribution in [-0.4, -0.2) is 30.3 Å². The highest BCUT2D eigenvalue weighted by molar-refractivity contribution is 8.33. The number of benzene rings is 5. The minimum atomic E-state index is -1.29. The first-order chi connectivity index (χ1) is 29.0. The van der Waals surface area contributed by atoms with Crippen LogP contribution in [-0.2, 0) is 16.2 Å². The van der Waals surface area contributed by atoms with E-state index in [1.54, 1.807) is 31.7 Å². The van der Waals surface area contributed by atoms with Crippen molar-refractivity contribution >= 4 is 72.9 Å². The molecule has 61 heavy (non-hydrogen) atoms. The predicted octanol–water partition coefficient (Wildman–Crippen LogP) is 12.8. The first-order valence-corrected chi connectivity index (χ1v) is 26.2. The maximum atomic E-state index is 3.06. The Labute approximate surface area is 367 Å². The van der Waals surface area contributed by atoms with Crippen LogP contribution in [0.25, 0.3) is 0 Å². The molecular formula is C56H64BN3S. The third kappa shape index (κ3) is 4.46. The van der Waals surface area contributed by atoms with Crippen LogP contribution in [0.15, 0.2) is 101 Å². The molecular weight excluding hydrogens is 758 g/mol. The van der Waals surface area contributed by atoms with Crippen LogP contribution in [0, 0.1) is 17.8 Å². The second-order valence-corrected chi connectivity index (χ2v) is 27.4. The molecule has 0 aromatic heterocycles. The fraction of sp³-hybridized carbons (Fsp3) is 0.464. The van der Waals surface area contributed by atoms with Gasteiger partial charge in [0.05, 0.1) is 5.54 Å². The summed E-state index contributed by atoms with van der Waals surface area (Å²) in [5.74, 6) is 2.55. The zero-order valence-electron chi connectivity index (χ0n) is 38.4. The number of rotatable bonds is 3. The van der Waals surface area contributed by atoms with Crippen molar-refractivity contribution in [2.45, 2.75) is 144 Å². The quantitative estimate of drug-likeness (QED) is 0.165.